The van der Waals surface area contributed by atoms with Crippen molar-refractivity contribution in [3.05, 3.63) is 42.1 Å². The summed E-state index contributed by atoms with van der Waals surface area (Å²) in [5.74, 6) is -2.66. The van der Waals surface area contributed by atoms with E-state index in [0.29, 0.717) is 29.9 Å². The number of nitrogens with one attached hydrogen (secondary N) is 2. The highest BCUT2D eigenvalue weighted by Gasteiger charge is 2.31. The number of anilines is 1. The van der Waals surface area contributed by atoms with Crippen LogP contribution in [-0.2, 0) is 14.4 Å². The van der Waals surface area contributed by atoms with Crippen LogP contribution in [0.15, 0.2) is 36.5 Å². The lowest BCUT2D eigenvalue weighted by Crippen LogP contribution is -2.49. The van der Waals surface area contributed by atoms with Crippen molar-refractivity contribution in [1.82, 2.24) is 14.8 Å². The number of aromatic nitrogens is 1. The largest absolute Gasteiger partial charge is 0.480 e. The average molecular weight is 400 g/mol. The number of benzene rings is 1. The second kappa shape index (κ2) is 8.89. The van der Waals surface area contributed by atoms with Gasteiger partial charge in [0.25, 0.3) is 0 Å². The topological polar surface area (TPSA) is 126 Å². The molecule has 0 spiro atoms. The number of nitrogens with zero attached hydrogens (tertiary/aromatic N) is 2. The summed E-state index contributed by atoms with van der Waals surface area (Å²) < 4.78 is 0. The van der Waals surface area contributed by atoms with Gasteiger partial charge in [0.15, 0.2) is 0 Å². The molecule has 0 saturated carbocycles. The van der Waals surface area contributed by atoms with E-state index < -0.39 is 23.9 Å². The number of H-pyrrole nitrogens is 1. The summed E-state index contributed by atoms with van der Waals surface area (Å²) in [6.45, 7) is 6.08. The van der Waals surface area contributed by atoms with Gasteiger partial charge in [0.1, 0.15) is 6.04 Å². The van der Waals surface area contributed by atoms with Gasteiger partial charge >= 0.3 is 11.9 Å². The van der Waals surface area contributed by atoms with Crippen LogP contribution < -0.4 is 5.32 Å². The average Bonchev–Trinajstić information content (AvgIpc) is 3.09. The Kier molecular flexibility index (Phi) is 6.30. The maximum Gasteiger partial charge on any atom is 0.328 e. The van der Waals surface area contributed by atoms with Crippen LogP contribution in [0.5, 0.6) is 0 Å². The highest BCUT2D eigenvalue weighted by Crippen LogP contribution is 2.31. The number of carbonyl (C=O) groups excluding carboxylic acids is 1. The summed E-state index contributed by atoms with van der Waals surface area (Å²) in [6, 6.07) is 4.37. The van der Waals surface area contributed by atoms with Gasteiger partial charge in [-0.1, -0.05) is 13.0 Å². The van der Waals surface area contributed by atoms with E-state index in [1.54, 1.807) is 24.4 Å². The molecule has 3 rings (SSSR count). The van der Waals surface area contributed by atoms with E-state index in [4.69, 9.17) is 5.11 Å². The molecule has 1 aliphatic rings. The highest BCUT2D eigenvalue weighted by atomic mass is 16.4. The summed E-state index contributed by atoms with van der Waals surface area (Å²) >= 11 is 0. The zero-order valence-corrected chi connectivity index (χ0v) is 16.1. The van der Waals surface area contributed by atoms with Gasteiger partial charge in [-0.25, -0.2) is 4.79 Å². The SMILES string of the molecule is CCN1CCN([C@H](C(=O)O)c2c[nH]c3cc(NC(=O)/C=C/C(=O)O)ccc23)CC1. The van der Waals surface area contributed by atoms with Crippen LogP contribution in [0.3, 0.4) is 0 Å². The first-order valence-electron chi connectivity index (χ1n) is 9.41. The Bertz CT molecular complexity index is 943. The van der Waals surface area contributed by atoms with Crippen LogP contribution in [0, 0.1) is 0 Å². The number of carboxylic acid groups (broad SMARTS) is 2. The van der Waals surface area contributed by atoms with Gasteiger partial charge < -0.3 is 25.4 Å². The van der Waals surface area contributed by atoms with Crippen molar-refractivity contribution in [2.45, 2.75) is 13.0 Å². The summed E-state index contributed by atoms with van der Waals surface area (Å²) in [6.07, 6.45) is 3.39. The number of hydrogen-bond acceptors (Lipinski definition) is 5. The Balaban J connectivity index is 1.81. The Labute approximate surface area is 167 Å². The maximum atomic E-state index is 12.0. The molecule has 9 heteroatoms. The van der Waals surface area contributed by atoms with Crippen molar-refractivity contribution in [1.29, 1.82) is 0 Å². The fourth-order valence-electron chi connectivity index (χ4n) is 3.61. The Morgan fingerprint density at radius 3 is 2.52 bits per heavy atom. The second-order valence-electron chi connectivity index (χ2n) is 6.88. The van der Waals surface area contributed by atoms with Crippen LogP contribution in [0.1, 0.15) is 18.5 Å². The number of amides is 1. The Morgan fingerprint density at radius 2 is 1.90 bits per heavy atom. The molecule has 2 heterocycles. The molecular formula is C20H24N4O5. The number of carboxylic acids is 2. The minimum absolute atomic E-state index is 0.481. The standard InChI is InChI=1S/C20H24N4O5/c1-2-23-7-9-24(10-8-23)19(20(28)29)15-12-21-16-11-13(3-4-14(15)16)22-17(25)5-6-18(26)27/h3-6,11-12,19,21H,2,7-10H2,1H3,(H,22,25)(H,26,27)(H,28,29)/b6-5+/t19-/m0/s1. The zero-order chi connectivity index (χ0) is 21.0. The molecule has 1 aliphatic heterocycles. The van der Waals surface area contributed by atoms with Crippen molar-refractivity contribution in [3.63, 3.8) is 0 Å². The van der Waals surface area contributed by atoms with Gasteiger partial charge in [-0.15, -0.1) is 0 Å². The third kappa shape index (κ3) is 4.82. The number of hydrogen-bond donors (Lipinski definition) is 4. The number of rotatable bonds is 7. The predicted octanol–water partition coefficient (Wildman–Crippen LogP) is 1.51. The minimum atomic E-state index is -1.20. The Morgan fingerprint density at radius 1 is 1.17 bits per heavy atom. The van der Waals surface area contributed by atoms with Crippen molar-refractivity contribution in [2.24, 2.45) is 0 Å². The third-order valence-electron chi connectivity index (χ3n) is 5.11. The highest BCUT2D eigenvalue weighted by molar-refractivity contribution is 6.03. The molecule has 1 saturated heterocycles. The van der Waals surface area contributed by atoms with Gasteiger partial charge in [-0.05, 0) is 18.7 Å². The van der Waals surface area contributed by atoms with Gasteiger partial charge in [-0.2, -0.15) is 0 Å². The molecule has 1 amide bonds. The molecule has 4 N–H and O–H groups in total. The van der Waals surface area contributed by atoms with Crippen LogP contribution in [-0.4, -0.2) is 75.6 Å². The first-order chi connectivity index (χ1) is 13.9. The molecule has 154 valence electrons. The third-order valence-corrected chi connectivity index (χ3v) is 5.11. The predicted molar refractivity (Wildman–Crippen MR) is 108 cm³/mol. The van der Waals surface area contributed by atoms with Gasteiger partial charge in [0.2, 0.25) is 5.91 Å². The van der Waals surface area contributed by atoms with Crippen LogP contribution in [0.25, 0.3) is 10.9 Å². The van der Waals surface area contributed by atoms with Gasteiger partial charge in [0, 0.05) is 66.7 Å². The quantitative estimate of drug-likeness (QED) is 0.519. The van der Waals surface area contributed by atoms with E-state index >= 15 is 0 Å². The second-order valence-corrected chi connectivity index (χ2v) is 6.88. The normalized spacial score (nSPS) is 16.9. The number of aromatic amines is 1. The number of carbonyl (C=O) groups is 3. The maximum absolute atomic E-state index is 12.0. The fourth-order valence-corrected chi connectivity index (χ4v) is 3.61. The summed E-state index contributed by atoms with van der Waals surface area (Å²) in [5, 5.41) is 21.8. The van der Waals surface area contributed by atoms with E-state index in [1.165, 1.54) is 0 Å². The molecule has 1 aromatic heterocycles. The van der Waals surface area contributed by atoms with Crippen LogP contribution in [0.4, 0.5) is 5.69 Å². The first-order valence-corrected chi connectivity index (χ1v) is 9.41. The molecule has 0 bridgehead atoms. The van der Waals surface area contributed by atoms with Crippen LogP contribution in [0.2, 0.25) is 0 Å². The molecular weight excluding hydrogens is 376 g/mol. The van der Waals surface area contributed by atoms with E-state index in [-0.39, 0.29) is 0 Å². The molecule has 1 fully saturated rings. The summed E-state index contributed by atoms with van der Waals surface area (Å²) in [7, 11) is 0. The van der Waals surface area contributed by atoms with E-state index in [0.717, 1.165) is 37.2 Å². The summed E-state index contributed by atoms with van der Waals surface area (Å²) in [5.41, 5.74) is 1.86. The monoisotopic (exact) mass is 400 g/mol. The number of likely N-dealkylation sites (N-methyl/N-ethyl adjacent to an activating group) is 1. The molecule has 0 aliphatic carbocycles. The van der Waals surface area contributed by atoms with Crippen molar-refractivity contribution < 1.29 is 24.6 Å². The smallest absolute Gasteiger partial charge is 0.328 e. The van der Waals surface area contributed by atoms with E-state index in [1.807, 2.05) is 4.90 Å². The molecule has 1 aromatic carbocycles. The lowest BCUT2D eigenvalue weighted by atomic mass is 10.0. The number of aliphatic carboxylic acids is 2. The molecule has 0 unspecified atom stereocenters. The van der Waals surface area contributed by atoms with E-state index in [9.17, 15) is 19.5 Å². The minimum Gasteiger partial charge on any atom is -0.480 e. The Hall–Kier alpha value is -3.17. The van der Waals surface area contributed by atoms with E-state index in [2.05, 4.69) is 22.1 Å². The lowest BCUT2D eigenvalue weighted by molar-refractivity contribution is -0.144. The van der Waals surface area contributed by atoms with Gasteiger partial charge in [-0.3, -0.25) is 14.5 Å². The summed E-state index contributed by atoms with van der Waals surface area (Å²) in [4.78, 5) is 41.6. The number of piperazine rings is 1. The van der Waals surface area contributed by atoms with Crippen LogP contribution >= 0.6 is 0 Å². The van der Waals surface area contributed by atoms with Crippen molar-refractivity contribution >= 4 is 34.4 Å². The van der Waals surface area contributed by atoms with Gasteiger partial charge in [0.05, 0.1) is 0 Å². The molecule has 1 atom stereocenters. The number of fused-ring (bicyclic) bond motifs is 1. The first kappa shape index (κ1) is 20.6. The molecule has 2 aromatic rings. The lowest BCUT2D eigenvalue weighted by Gasteiger charge is -2.37. The molecule has 9 nitrogen and oxygen atoms in total. The fraction of sp³-hybridized carbons (Fsp3) is 0.350. The molecule has 29 heavy (non-hydrogen) atoms. The van der Waals surface area contributed by atoms with Crippen molar-refractivity contribution in [3.8, 4) is 0 Å². The molecule has 0 radical (unpaired) electrons. The van der Waals surface area contributed by atoms with Crippen molar-refractivity contribution in [2.75, 3.05) is 38.0 Å². The zero-order valence-electron chi connectivity index (χ0n) is 16.1.